The lowest BCUT2D eigenvalue weighted by atomic mass is 9.86. The summed E-state index contributed by atoms with van der Waals surface area (Å²) in [6.45, 7) is 13.1. The van der Waals surface area contributed by atoms with Crippen molar-refractivity contribution < 1.29 is 33.8 Å². The highest BCUT2D eigenvalue weighted by Crippen LogP contribution is 2.31. The molecule has 1 unspecified atom stereocenters. The fraction of sp³-hybridized carbons (Fsp3) is 0.771. The molecule has 1 aliphatic heterocycles. The first-order valence-corrected chi connectivity index (χ1v) is 18.6. The van der Waals surface area contributed by atoms with Gasteiger partial charge in [0.1, 0.15) is 16.7 Å². The number of ether oxygens (including phenoxy) is 1. The number of piperidine rings is 1. The Hall–Kier alpha value is -3.06. The van der Waals surface area contributed by atoms with Crippen LogP contribution in [0.1, 0.15) is 127 Å². The lowest BCUT2D eigenvalue weighted by molar-refractivity contribution is -0.149. The van der Waals surface area contributed by atoms with Crippen LogP contribution in [0.4, 0.5) is 0 Å². The maximum Gasteiger partial charge on any atom is 0.306 e. The summed E-state index contributed by atoms with van der Waals surface area (Å²) in [6.07, 6.45) is 6.60. The molecule has 2 aliphatic rings. The summed E-state index contributed by atoms with van der Waals surface area (Å²) in [7, 11) is 1.73. The Kier molecular flexibility index (Phi) is 15.3. The number of likely N-dealkylation sites (N-methyl/N-ethyl adjacent to an activating group) is 1. The number of nitrogens with one attached hydrogen (secondary N) is 2. The molecule has 3 N–H and O–H groups in total. The van der Waals surface area contributed by atoms with Crippen LogP contribution in [-0.4, -0.2) is 93.9 Å². The van der Waals surface area contributed by atoms with E-state index >= 15 is 0 Å². The number of nitrogens with zero attached hydrogens (tertiary/aromatic N) is 3. The number of hydrogen-bond donors (Lipinski definition) is 3. The Labute approximate surface area is 289 Å². The number of likely N-dealkylation sites (tertiary alicyclic amines) is 1. The summed E-state index contributed by atoms with van der Waals surface area (Å²) in [4.78, 5) is 72.7. The van der Waals surface area contributed by atoms with Crippen LogP contribution in [0.5, 0.6) is 0 Å². The van der Waals surface area contributed by atoms with E-state index in [-0.39, 0.29) is 65.7 Å². The van der Waals surface area contributed by atoms with Crippen LogP contribution in [0.15, 0.2) is 5.38 Å². The van der Waals surface area contributed by atoms with Gasteiger partial charge in [-0.05, 0) is 69.9 Å². The predicted molar refractivity (Wildman–Crippen MR) is 184 cm³/mol. The summed E-state index contributed by atoms with van der Waals surface area (Å²) >= 11 is 1.22. The SMILES string of the molecule is CCCCN1CCCCC1C(=O)N[C@H](C(=O)N(C)[C@H](C[C@@H](OC(C)=O)c1nc(C(=O)N[C@H]2CC[C@H](C(=O)O)CC2)cs1)C(C)C)C(C)C. The van der Waals surface area contributed by atoms with Gasteiger partial charge < -0.3 is 25.4 Å². The zero-order valence-corrected chi connectivity index (χ0v) is 30.6. The Morgan fingerprint density at radius 3 is 2.33 bits per heavy atom. The molecule has 1 aliphatic carbocycles. The van der Waals surface area contributed by atoms with Crippen molar-refractivity contribution in [3.63, 3.8) is 0 Å². The number of thiazole rings is 1. The van der Waals surface area contributed by atoms with Crippen molar-refractivity contribution in [1.29, 1.82) is 0 Å². The lowest BCUT2D eigenvalue weighted by Crippen LogP contribution is -2.58. The Bertz CT molecular complexity index is 1250. The summed E-state index contributed by atoms with van der Waals surface area (Å²) in [5.74, 6) is -2.50. The summed E-state index contributed by atoms with van der Waals surface area (Å²) in [5, 5.41) is 17.4. The molecular weight excluding hydrogens is 634 g/mol. The van der Waals surface area contributed by atoms with E-state index in [1.54, 1.807) is 17.3 Å². The second kappa shape index (κ2) is 18.6. The monoisotopic (exact) mass is 691 g/mol. The molecule has 0 bridgehead atoms. The van der Waals surface area contributed by atoms with Crippen molar-refractivity contribution in [1.82, 2.24) is 25.4 Å². The molecule has 13 heteroatoms. The van der Waals surface area contributed by atoms with Gasteiger partial charge in [0, 0.05) is 37.9 Å². The third-order valence-electron chi connectivity index (χ3n) is 9.77. The number of carbonyl (C=O) groups excluding carboxylic acids is 4. The Balaban J connectivity index is 1.72. The van der Waals surface area contributed by atoms with Gasteiger partial charge in [-0.1, -0.05) is 47.5 Å². The Morgan fingerprint density at radius 1 is 1.06 bits per heavy atom. The molecule has 1 aromatic heterocycles. The van der Waals surface area contributed by atoms with Gasteiger partial charge in [-0.3, -0.25) is 28.9 Å². The molecule has 1 aromatic rings. The highest BCUT2D eigenvalue weighted by Gasteiger charge is 2.37. The summed E-state index contributed by atoms with van der Waals surface area (Å²) < 4.78 is 5.73. The van der Waals surface area contributed by atoms with Gasteiger partial charge in [0.05, 0.1) is 12.0 Å². The van der Waals surface area contributed by atoms with E-state index < -0.39 is 24.1 Å². The van der Waals surface area contributed by atoms with Crippen LogP contribution in [-0.2, 0) is 23.9 Å². The molecule has 2 heterocycles. The van der Waals surface area contributed by atoms with Gasteiger partial charge in [-0.15, -0.1) is 11.3 Å². The minimum Gasteiger partial charge on any atom is -0.481 e. The lowest BCUT2D eigenvalue weighted by Gasteiger charge is -2.38. The van der Waals surface area contributed by atoms with Gasteiger partial charge in [-0.25, -0.2) is 4.98 Å². The maximum atomic E-state index is 14.1. The molecule has 3 rings (SSSR count). The van der Waals surface area contributed by atoms with Gasteiger partial charge >= 0.3 is 11.9 Å². The van der Waals surface area contributed by atoms with E-state index in [0.29, 0.717) is 30.7 Å². The number of esters is 1. The first kappa shape index (κ1) is 39.4. The zero-order chi connectivity index (χ0) is 35.5. The molecule has 48 heavy (non-hydrogen) atoms. The van der Waals surface area contributed by atoms with E-state index in [1.165, 1.54) is 18.3 Å². The second-order valence-electron chi connectivity index (χ2n) is 14.2. The number of amides is 3. The van der Waals surface area contributed by atoms with Crippen LogP contribution in [0.2, 0.25) is 0 Å². The number of hydrogen-bond acceptors (Lipinski definition) is 9. The topological polar surface area (TPSA) is 158 Å². The summed E-state index contributed by atoms with van der Waals surface area (Å²) in [6, 6.07) is -1.44. The fourth-order valence-electron chi connectivity index (χ4n) is 6.84. The minimum atomic E-state index is -0.800. The zero-order valence-electron chi connectivity index (χ0n) is 29.8. The van der Waals surface area contributed by atoms with E-state index in [0.717, 1.165) is 45.2 Å². The average Bonchev–Trinajstić information content (AvgIpc) is 3.54. The standard InChI is InChI=1S/C35H57N5O7S/c1-8-9-17-40-18-11-10-12-27(40)32(43)38-30(22(4)5)34(44)39(7)28(21(2)3)19-29(47-23(6)41)33-37-26(20-48-33)31(42)36-25-15-13-24(14-16-25)35(45)46/h20-22,24-25,27-30H,8-19H2,1-7H3,(H,36,42)(H,38,43)(H,45,46)/t24-,25-,27?,28-,29-,30+/m1/s1. The Morgan fingerprint density at radius 2 is 1.75 bits per heavy atom. The van der Waals surface area contributed by atoms with Crippen molar-refractivity contribution in [2.24, 2.45) is 17.8 Å². The largest absolute Gasteiger partial charge is 0.481 e. The van der Waals surface area contributed by atoms with Crippen LogP contribution < -0.4 is 10.6 Å². The molecule has 0 spiro atoms. The molecule has 4 atom stereocenters. The van der Waals surface area contributed by atoms with Crippen LogP contribution >= 0.6 is 11.3 Å². The van der Waals surface area contributed by atoms with E-state index in [2.05, 4.69) is 27.4 Å². The number of carboxylic acids is 1. The molecule has 0 aromatic carbocycles. The van der Waals surface area contributed by atoms with Gasteiger partial charge in [0.15, 0.2) is 6.10 Å². The highest BCUT2D eigenvalue weighted by molar-refractivity contribution is 7.09. The van der Waals surface area contributed by atoms with Crippen molar-refractivity contribution in [2.45, 2.75) is 136 Å². The molecule has 1 saturated carbocycles. The third kappa shape index (κ3) is 11.0. The van der Waals surface area contributed by atoms with Crippen molar-refractivity contribution in [3.05, 3.63) is 16.1 Å². The molecule has 12 nitrogen and oxygen atoms in total. The molecule has 2 fully saturated rings. The van der Waals surface area contributed by atoms with Gasteiger partial charge in [-0.2, -0.15) is 0 Å². The van der Waals surface area contributed by atoms with E-state index in [4.69, 9.17) is 4.74 Å². The number of aromatic nitrogens is 1. The molecule has 3 amide bonds. The summed E-state index contributed by atoms with van der Waals surface area (Å²) in [5.41, 5.74) is 0.205. The number of carboxylic acid groups (broad SMARTS) is 1. The van der Waals surface area contributed by atoms with Crippen molar-refractivity contribution in [2.75, 3.05) is 20.1 Å². The highest BCUT2D eigenvalue weighted by atomic mass is 32.1. The third-order valence-corrected chi connectivity index (χ3v) is 10.7. The minimum absolute atomic E-state index is 0.0212. The average molecular weight is 692 g/mol. The van der Waals surface area contributed by atoms with Gasteiger partial charge in [0.2, 0.25) is 11.8 Å². The van der Waals surface area contributed by atoms with Gasteiger partial charge in [0.25, 0.3) is 5.91 Å². The second-order valence-corrected chi connectivity index (χ2v) is 15.0. The molecule has 0 radical (unpaired) electrons. The molecule has 270 valence electrons. The van der Waals surface area contributed by atoms with Crippen LogP contribution in [0.25, 0.3) is 0 Å². The first-order valence-electron chi connectivity index (χ1n) is 17.7. The normalized spacial score (nSPS) is 22.1. The number of unbranched alkanes of at least 4 members (excludes halogenated alkanes) is 1. The fourth-order valence-corrected chi connectivity index (χ4v) is 7.68. The number of rotatable bonds is 16. The quantitative estimate of drug-likeness (QED) is 0.207. The number of aliphatic carboxylic acids is 1. The van der Waals surface area contributed by atoms with Crippen molar-refractivity contribution >= 4 is 41.0 Å². The van der Waals surface area contributed by atoms with E-state index in [1.807, 2.05) is 27.7 Å². The van der Waals surface area contributed by atoms with Crippen molar-refractivity contribution in [3.8, 4) is 0 Å². The number of carbonyl (C=O) groups is 5. The van der Waals surface area contributed by atoms with Crippen LogP contribution in [0, 0.1) is 17.8 Å². The van der Waals surface area contributed by atoms with E-state index in [9.17, 15) is 29.1 Å². The first-order chi connectivity index (χ1) is 22.7. The predicted octanol–water partition coefficient (Wildman–Crippen LogP) is 4.79. The maximum absolute atomic E-state index is 14.1. The smallest absolute Gasteiger partial charge is 0.306 e. The molecule has 1 saturated heterocycles. The molecular formula is C35H57N5O7S. The van der Waals surface area contributed by atoms with Crippen LogP contribution in [0.3, 0.4) is 0 Å².